The molecule has 2 unspecified atom stereocenters. The van der Waals surface area contributed by atoms with E-state index in [1.165, 1.54) is 6.42 Å². The second kappa shape index (κ2) is 6.10. The van der Waals surface area contributed by atoms with Crippen molar-refractivity contribution in [3.8, 4) is 12.3 Å². The highest BCUT2D eigenvalue weighted by Gasteiger charge is 2.39. The highest BCUT2D eigenvalue weighted by molar-refractivity contribution is 5.95. The fraction of sp³-hybridized carbons (Fsp3) is 0.733. The largest absolute Gasteiger partial charge is 0.342 e. The van der Waals surface area contributed by atoms with Crippen LogP contribution in [0.25, 0.3) is 0 Å². The number of hydrogen-bond donors (Lipinski definition) is 1. The van der Waals surface area contributed by atoms with Gasteiger partial charge in [-0.1, -0.05) is 19.3 Å². The Morgan fingerprint density at radius 3 is 2.68 bits per heavy atom. The fourth-order valence-electron chi connectivity index (χ4n) is 3.13. The smallest absolute Gasteiger partial charge is 0.246 e. The van der Waals surface area contributed by atoms with E-state index in [9.17, 15) is 9.59 Å². The lowest BCUT2D eigenvalue weighted by Crippen LogP contribution is -2.62. The van der Waals surface area contributed by atoms with Gasteiger partial charge in [0, 0.05) is 12.5 Å². The molecule has 0 aromatic carbocycles. The zero-order valence-corrected chi connectivity index (χ0v) is 11.5. The Morgan fingerprint density at radius 2 is 2.05 bits per heavy atom. The summed E-state index contributed by atoms with van der Waals surface area (Å²) < 4.78 is 0. The number of hydrogen-bond acceptors (Lipinski definition) is 2. The van der Waals surface area contributed by atoms with Crippen molar-refractivity contribution in [2.75, 3.05) is 6.54 Å². The van der Waals surface area contributed by atoms with E-state index in [0.29, 0.717) is 12.3 Å². The Labute approximate surface area is 114 Å². The second-order valence-corrected chi connectivity index (χ2v) is 5.67. The van der Waals surface area contributed by atoms with E-state index in [2.05, 4.69) is 11.2 Å². The summed E-state index contributed by atoms with van der Waals surface area (Å²) in [5.74, 6) is 2.86. The van der Waals surface area contributed by atoms with E-state index in [-0.39, 0.29) is 30.4 Å². The van der Waals surface area contributed by atoms with Gasteiger partial charge < -0.3 is 10.2 Å². The molecule has 0 aromatic heterocycles. The number of piperazine rings is 1. The maximum absolute atomic E-state index is 12.5. The first-order chi connectivity index (χ1) is 9.13. The minimum Gasteiger partial charge on any atom is -0.342 e. The highest BCUT2D eigenvalue weighted by atomic mass is 16.2. The van der Waals surface area contributed by atoms with Gasteiger partial charge in [-0.25, -0.2) is 0 Å². The van der Waals surface area contributed by atoms with Crippen LogP contribution in [0.3, 0.4) is 0 Å². The van der Waals surface area contributed by atoms with Gasteiger partial charge in [0.25, 0.3) is 0 Å². The fourth-order valence-corrected chi connectivity index (χ4v) is 3.13. The van der Waals surface area contributed by atoms with Crippen LogP contribution < -0.4 is 5.32 Å². The Kier molecular flexibility index (Phi) is 4.47. The zero-order valence-electron chi connectivity index (χ0n) is 11.5. The van der Waals surface area contributed by atoms with Crippen molar-refractivity contribution in [2.45, 2.75) is 57.5 Å². The van der Waals surface area contributed by atoms with E-state index < -0.39 is 0 Å². The van der Waals surface area contributed by atoms with Crippen LogP contribution in [0.4, 0.5) is 0 Å². The van der Waals surface area contributed by atoms with E-state index in [4.69, 9.17) is 6.42 Å². The standard InChI is InChI=1S/C15H22N2O2/c1-3-7-11(2)17-10-13(18)16-14(15(17)19)12-8-5-4-6-9-12/h1,11-12,14H,4-10H2,2H3,(H,16,18). The summed E-state index contributed by atoms with van der Waals surface area (Å²) in [5, 5.41) is 2.88. The lowest BCUT2D eigenvalue weighted by molar-refractivity contribution is -0.148. The minimum atomic E-state index is -0.332. The van der Waals surface area contributed by atoms with Gasteiger partial charge in [0.2, 0.25) is 11.8 Å². The summed E-state index contributed by atoms with van der Waals surface area (Å²) in [4.78, 5) is 26.0. The average molecular weight is 262 g/mol. The van der Waals surface area contributed by atoms with Gasteiger partial charge in [-0.3, -0.25) is 9.59 Å². The van der Waals surface area contributed by atoms with Gasteiger partial charge in [-0.05, 0) is 25.7 Å². The average Bonchev–Trinajstić information content (AvgIpc) is 2.42. The van der Waals surface area contributed by atoms with Crippen molar-refractivity contribution in [1.29, 1.82) is 0 Å². The molecule has 2 amide bonds. The molecule has 0 spiro atoms. The maximum Gasteiger partial charge on any atom is 0.246 e. The molecule has 2 atom stereocenters. The monoisotopic (exact) mass is 262 g/mol. The lowest BCUT2D eigenvalue weighted by atomic mass is 9.82. The molecular formula is C15H22N2O2. The molecule has 4 nitrogen and oxygen atoms in total. The van der Waals surface area contributed by atoms with Crippen molar-refractivity contribution in [3.63, 3.8) is 0 Å². The van der Waals surface area contributed by atoms with Crippen LogP contribution in [0.15, 0.2) is 0 Å². The summed E-state index contributed by atoms with van der Waals surface area (Å²) in [5.41, 5.74) is 0. The molecule has 2 rings (SSSR count). The second-order valence-electron chi connectivity index (χ2n) is 5.67. The van der Waals surface area contributed by atoms with E-state index in [1.807, 2.05) is 6.92 Å². The number of carbonyl (C=O) groups is 2. The Hall–Kier alpha value is -1.50. The normalized spacial score (nSPS) is 26.7. The van der Waals surface area contributed by atoms with Crippen LogP contribution in [0.5, 0.6) is 0 Å². The van der Waals surface area contributed by atoms with Crippen molar-refractivity contribution in [1.82, 2.24) is 10.2 Å². The quantitative estimate of drug-likeness (QED) is 0.780. The molecule has 1 aliphatic carbocycles. The number of amides is 2. The van der Waals surface area contributed by atoms with E-state index >= 15 is 0 Å². The molecule has 104 valence electrons. The molecule has 1 saturated heterocycles. The molecule has 1 N–H and O–H groups in total. The van der Waals surface area contributed by atoms with Crippen molar-refractivity contribution in [2.24, 2.45) is 5.92 Å². The molecule has 4 heteroatoms. The van der Waals surface area contributed by atoms with Gasteiger partial charge in [0.1, 0.15) is 6.04 Å². The summed E-state index contributed by atoms with van der Waals surface area (Å²) >= 11 is 0. The molecule has 1 aliphatic heterocycles. The van der Waals surface area contributed by atoms with Crippen LogP contribution in [0.2, 0.25) is 0 Å². The third-order valence-electron chi connectivity index (χ3n) is 4.25. The number of nitrogens with zero attached hydrogens (tertiary/aromatic N) is 1. The summed E-state index contributed by atoms with van der Waals surface area (Å²) in [6.45, 7) is 2.05. The number of terminal acetylenes is 1. The third-order valence-corrected chi connectivity index (χ3v) is 4.25. The summed E-state index contributed by atoms with van der Waals surface area (Å²) in [7, 11) is 0. The molecule has 1 saturated carbocycles. The van der Waals surface area contributed by atoms with Crippen molar-refractivity contribution < 1.29 is 9.59 Å². The predicted octanol–water partition coefficient (Wildman–Crippen LogP) is 1.31. The zero-order chi connectivity index (χ0) is 13.8. The van der Waals surface area contributed by atoms with Crippen LogP contribution >= 0.6 is 0 Å². The first-order valence-electron chi connectivity index (χ1n) is 7.16. The van der Waals surface area contributed by atoms with Crippen molar-refractivity contribution >= 4 is 11.8 Å². The third kappa shape index (κ3) is 3.09. The topological polar surface area (TPSA) is 49.4 Å². The van der Waals surface area contributed by atoms with Crippen molar-refractivity contribution in [3.05, 3.63) is 0 Å². The molecular weight excluding hydrogens is 240 g/mol. The summed E-state index contributed by atoms with van der Waals surface area (Å²) in [6.07, 6.45) is 11.4. The van der Waals surface area contributed by atoms with Crippen LogP contribution in [-0.2, 0) is 9.59 Å². The first-order valence-corrected chi connectivity index (χ1v) is 7.16. The van der Waals surface area contributed by atoms with E-state index in [0.717, 1.165) is 25.7 Å². The molecule has 0 aromatic rings. The molecule has 0 bridgehead atoms. The van der Waals surface area contributed by atoms with Gasteiger partial charge in [-0.2, -0.15) is 0 Å². The molecule has 2 fully saturated rings. The highest BCUT2D eigenvalue weighted by Crippen LogP contribution is 2.28. The predicted molar refractivity (Wildman–Crippen MR) is 73.1 cm³/mol. The van der Waals surface area contributed by atoms with Crippen LogP contribution in [-0.4, -0.2) is 35.3 Å². The molecule has 0 radical (unpaired) electrons. The van der Waals surface area contributed by atoms with Crippen LogP contribution in [0.1, 0.15) is 45.4 Å². The Morgan fingerprint density at radius 1 is 1.37 bits per heavy atom. The number of carbonyl (C=O) groups excluding carboxylic acids is 2. The molecule has 2 aliphatic rings. The Bertz CT molecular complexity index is 393. The minimum absolute atomic E-state index is 0.0502. The van der Waals surface area contributed by atoms with Gasteiger partial charge in [0.05, 0.1) is 6.54 Å². The summed E-state index contributed by atoms with van der Waals surface area (Å²) in [6, 6.07) is -0.392. The van der Waals surface area contributed by atoms with Gasteiger partial charge >= 0.3 is 0 Å². The van der Waals surface area contributed by atoms with E-state index in [1.54, 1.807) is 4.90 Å². The van der Waals surface area contributed by atoms with Gasteiger partial charge in [0.15, 0.2) is 0 Å². The van der Waals surface area contributed by atoms with Gasteiger partial charge in [-0.15, -0.1) is 12.3 Å². The first kappa shape index (κ1) is 13.9. The lowest BCUT2D eigenvalue weighted by Gasteiger charge is -2.40. The molecule has 1 heterocycles. The maximum atomic E-state index is 12.5. The number of nitrogens with one attached hydrogen (secondary N) is 1. The SMILES string of the molecule is C#CCC(C)N1CC(=O)NC(C2CCCCC2)C1=O. The van der Waals surface area contributed by atoms with Crippen LogP contribution in [0, 0.1) is 18.3 Å². The molecule has 19 heavy (non-hydrogen) atoms. The number of rotatable bonds is 3. The Balaban J connectivity index is 2.09.